The molecule has 0 spiro atoms. The highest BCUT2D eigenvalue weighted by Crippen LogP contribution is 2.19. The summed E-state index contributed by atoms with van der Waals surface area (Å²) >= 11 is 0. The first-order valence-corrected chi connectivity index (χ1v) is 3.26. The lowest BCUT2D eigenvalue weighted by atomic mass is 10.0. The van der Waals surface area contributed by atoms with Gasteiger partial charge in [-0.3, -0.25) is 0 Å². The van der Waals surface area contributed by atoms with Gasteiger partial charge < -0.3 is 5.32 Å². The van der Waals surface area contributed by atoms with E-state index in [0.717, 1.165) is 13.0 Å². The van der Waals surface area contributed by atoms with Crippen molar-refractivity contribution in [3.63, 3.8) is 0 Å². The number of hydrogen-bond acceptors (Lipinski definition) is 1. The van der Waals surface area contributed by atoms with Gasteiger partial charge in [-0.2, -0.15) is 0 Å². The van der Waals surface area contributed by atoms with Crippen molar-refractivity contribution in [1.29, 1.82) is 0 Å². The molecule has 9 heavy (non-hydrogen) atoms. The van der Waals surface area contributed by atoms with Gasteiger partial charge in [0.2, 0.25) is 0 Å². The first-order valence-electron chi connectivity index (χ1n) is 3.26. The molecule has 0 unspecified atom stereocenters. The third-order valence-electron chi connectivity index (χ3n) is 1.72. The molecule has 0 amide bonds. The van der Waals surface area contributed by atoms with E-state index in [2.05, 4.69) is 29.7 Å². The van der Waals surface area contributed by atoms with E-state index >= 15 is 0 Å². The molecule has 1 heterocycles. The summed E-state index contributed by atoms with van der Waals surface area (Å²) in [7, 11) is 0. The van der Waals surface area contributed by atoms with Crippen molar-refractivity contribution < 1.29 is 0 Å². The van der Waals surface area contributed by atoms with Crippen LogP contribution in [0.15, 0.2) is 35.6 Å². The molecule has 0 aromatic rings. The van der Waals surface area contributed by atoms with E-state index in [9.17, 15) is 0 Å². The molecule has 0 saturated carbocycles. The summed E-state index contributed by atoms with van der Waals surface area (Å²) in [4.78, 5) is 0. The maximum atomic E-state index is 3.18. The van der Waals surface area contributed by atoms with E-state index in [-0.39, 0.29) is 0 Å². The van der Waals surface area contributed by atoms with E-state index in [1.54, 1.807) is 0 Å². The lowest BCUT2D eigenvalue weighted by Crippen LogP contribution is -2.00. The summed E-state index contributed by atoms with van der Waals surface area (Å²) < 4.78 is 0. The monoisotopic (exact) mass is 119 g/mol. The minimum Gasteiger partial charge on any atom is -0.386 e. The van der Waals surface area contributed by atoms with Crippen LogP contribution in [-0.4, -0.2) is 6.54 Å². The standard InChI is InChI=1S/C8H9N/c1-2-4-8-6-9-5-7(8)3-1/h1,3-5,9H,2,6H2. The molecule has 0 aromatic heterocycles. The SMILES string of the molecule is C1=CC2=CNCC2=CC1. The molecule has 46 valence electrons. The van der Waals surface area contributed by atoms with Crippen LogP contribution in [0.2, 0.25) is 0 Å². The number of allylic oxidation sites excluding steroid dienone is 3. The van der Waals surface area contributed by atoms with Gasteiger partial charge in [0.1, 0.15) is 0 Å². The van der Waals surface area contributed by atoms with Crippen molar-refractivity contribution in [1.82, 2.24) is 5.32 Å². The van der Waals surface area contributed by atoms with Crippen molar-refractivity contribution in [2.45, 2.75) is 6.42 Å². The fraction of sp³-hybridized carbons (Fsp3) is 0.250. The molecule has 2 aliphatic rings. The Morgan fingerprint density at radius 3 is 3.33 bits per heavy atom. The average Bonchev–Trinajstić information content (AvgIpc) is 2.33. The zero-order chi connectivity index (χ0) is 6.10. The Kier molecular flexibility index (Phi) is 0.950. The van der Waals surface area contributed by atoms with Crippen LogP contribution in [0.3, 0.4) is 0 Å². The van der Waals surface area contributed by atoms with Gasteiger partial charge >= 0.3 is 0 Å². The summed E-state index contributed by atoms with van der Waals surface area (Å²) in [6.45, 7) is 1.03. The maximum absolute atomic E-state index is 3.18. The molecule has 1 heteroatoms. The summed E-state index contributed by atoms with van der Waals surface area (Å²) in [5, 5.41) is 3.18. The summed E-state index contributed by atoms with van der Waals surface area (Å²) in [6, 6.07) is 0. The highest BCUT2D eigenvalue weighted by molar-refractivity contribution is 5.46. The lowest BCUT2D eigenvalue weighted by molar-refractivity contribution is 1.000. The van der Waals surface area contributed by atoms with E-state index < -0.39 is 0 Å². The smallest absolute Gasteiger partial charge is 0.0398 e. The van der Waals surface area contributed by atoms with Crippen LogP contribution in [0.25, 0.3) is 0 Å². The number of nitrogens with one attached hydrogen (secondary N) is 1. The van der Waals surface area contributed by atoms with Gasteiger partial charge in [-0.05, 0) is 17.6 Å². The third kappa shape index (κ3) is 0.689. The Bertz CT molecular complexity index is 209. The van der Waals surface area contributed by atoms with Gasteiger partial charge in [-0.1, -0.05) is 18.2 Å². The van der Waals surface area contributed by atoms with E-state index in [1.807, 2.05) is 0 Å². The van der Waals surface area contributed by atoms with E-state index in [0.29, 0.717) is 0 Å². The molecule has 0 aromatic carbocycles. The van der Waals surface area contributed by atoms with Crippen LogP contribution in [-0.2, 0) is 0 Å². The summed E-state index contributed by atoms with van der Waals surface area (Å²) in [5.74, 6) is 0. The van der Waals surface area contributed by atoms with Crippen molar-refractivity contribution in [2.24, 2.45) is 0 Å². The lowest BCUT2D eigenvalue weighted by Gasteiger charge is -2.01. The van der Waals surface area contributed by atoms with Crippen molar-refractivity contribution >= 4 is 0 Å². The number of rotatable bonds is 0. The average molecular weight is 119 g/mol. The molecule has 1 nitrogen and oxygen atoms in total. The third-order valence-corrected chi connectivity index (χ3v) is 1.72. The molecule has 0 atom stereocenters. The number of fused-ring (bicyclic) bond motifs is 1. The molecule has 0 radical (unpaired) electrons. The second-order valence-electron chi connectivity index (χ2n) is 2.35. The molecular formula is C8H9N. The normalized spacial score (nSPS) is 22.2. The fourth-order valence-corrected chi connectivity index (χ4v) is 1.22. The van der Waals surface area contributed by atoms with Crippen LogP contribution >= 0.6 is 0 Å². The van der Waals surface area contributed by atoms with Crippen LogP contribution in [0.1, 0.15) is 6.42 Å². The quantitative estimate of drug-likeness (QED) is 0.507. The van der Waals surface area contributed by atoms with E-state index in [4.69, 9.17) is 0 Å². The van der Waals surface area contributed by atoms with Gasteiger partial charge in [0.25, 0.3) is 0 Å². The second kappa shape index (κ2) is 1.76. The summed E-state index contributed by atoms with van der Waals surface area (Å²) in [6.07, 6.45) is 9.80. The Morgan fingerprint density at radius 1 is 1.44 bits per heavy atom. The Morgan fingerprint density at radius 2 is 2.44 bits per heavy atom. The largest absolute Gasteiger partial charge is 0.386 e. The second-order valence-corrected chi connectivity index (χ2v) is 2.35. The first kappa shape index (κ1) is 4.86. The molecule has 1 N–H and O–H groups in total. The van der Waals surface area contributed by atoms with Crippen molar-refractivity contribution in [3.8, 4) is 0 Å². The minimum atomic E-state index is 1.03. The molecular weight excluding hydrogens is 110 g/mol. The van der Waals surface area contributed by atoms with Gasteiger partial charge in [-0.25, -0.2) is 0 Å². The molecule has 1 aliphatic carbocycles. The predicted octanol–water partition coefficient (Wildman–Crippen LogP) is 1.36. The van der Waals surface area contributed by atoms with Crippen LogP contribution in [0, 0.1) is 0 Å². The molecule has 0 bridgehead atoms. The Hall–Kier alpha value is -0.980. The van der Waals surface area contributed by atoms with Crippen LogP contribution < -0.4 is 5.32 Å². The molecule has 0 fully saturated rings. The molecule has 0 saturated heterocycles. The summed E-state index contributed by atoms with van der Waals surface area (Å²) in [5.41, 5.74) is 2.82. The highest BCUT2D eigenvalue weighted by Gasteiger charge is 2.08. The van der Waals surface area contributed by atoms with Gasteiger partial charge in [-0.15, -0.1) is 0 Å². The van der Waals surface area contributed by atoms with Gasteiger partial charge in [0, 0.05) is 12.7 Å². The highest BCUT2D eigenvalue weighted by atomic mass is 14.9. The predicted molar refractivity (Wildman–Crippen MR) is 37.9 cm³/mol. The molecule has 1 aliphatic heterocycles. The van der Waals surface area contributed by atoms with Crippen molar-refractivity contribution in [2.75, 3.05) is 6.54 Å². The fourth-order valence-electron chi connectivity index (χ4n) is 1.22. The van der Waals surface area contributed by atoms with Crippen LogP contribution in [0.5, 0.6) is 0 Å². The molecule has 2 rings (SSSR count). The zero-order valence-electron chi connectivity index (χ0n) is 5.22. The van der Waals surface area contributed by atoms with Gasteiger partial charge in [0.05, 0.1) is 0 Å². The minimum absolute atomic E-state index is 1.03. The van der Waals surface area contributed by atoms with Crippen LogP contribution in [0.4, 0.5) is 0 Å². The zero-order valence-corrected chi connectivity index (χ0v) is 5.22. The van der Waals surface area contributed by atoms with Crippen molar-refractivity contribution in [3.05, 3.63) is 35.6 Å². The first-order chi connectivity index (χ1) is 4.47. The Balaban J connectivity index is 2.37. The Labute approximate surface area is 54.8 Å². The van der Waals surface area contributed by atoms with E-state index in [1.165, 1.54) is 11.1 Å². The number of hydrogen-bond donors (Lipinski definition) is 1. The van der Waals surface area contributed by atoms with Gasteiger partial charge in [0.15, 0.2) is 0 Å². The topological polar surface area (TPSA) is 12.0 Å². The maximum Gasteiger partial charge on any atom is 0.0398 e.